The lowest BCUT2D eigenvalue weighted by atomic mass is 10.1. The topological polar surface area (TPSA) is 102 Å². The number of aromatic hydroxyl groups is 1. The van der Waals surface area contributed by atoms with Crippen molar-refractivity contribution >= 4 is 24.2 Å². The van der Waals surface area contributed by atoms with Crippen LogP contribution < -0.4 is 5.32 Å². The first kappa shape index (κ1) is 13.0. The number of carbonyl (C=O) groups is 1. The zero-order valence-corrected chi connectivity index (χ0v) is 9.27. The number of hydrogen-bond donors (Lipinski definition) is 2. The van der Waals surface area contributed by atoms with Crippen LogP contribution in [0.1, 0.15) is 11.6 Å². The number of amides is 1. The highest BCUT2D eigenvalue weighted by Gasteiger charge is 2.27. The van der Waals surface area contributed by atoms with E-state index in [0.29, 0.717) is 0 Å². The summed E-state index contributed by atoms with van der Waals surface area (Å²) in [5, 5.41) is 22.5. The standard InChI is InChI=1S/C9H8N2O5.ClH/c12-8-2-1-5(11(14)15)3-6(8)7-4-16-9(13)10-7;/h1-3,7,12H,4H2,(H,10,13);1H/t7-;/m0./s1. The third kappa shape index (κ3) is 2.56. The number of phenolic OH excluding ortho intramolecular Hbond substituents is 1. The first-order valence-electron chi connectivity index (χ1n) is 4.48. The van der Waals surface area contributed by atoms with Gasteiger partial charge in [0.2, 0.25) is 0 Å². The van der Waals surface area contributed by atoms with E-state index >= 15 is 0 Å². The molecule has 0 bridgehead atoms. The third-order valence-electron chi connectivity index (χ3n) is 2.27. The number of nitro groups is 1. The van der Waals surface area contributed by atoms with Crippen molar-refractivity contribution in [3.05, 3.63) is 33.9 Å². The van der Waals surface area contributed by atoms with Gasteiger partial charge in [0.15, 0.2) is 0 Å². The number of nitrogens with one attached hydrogen (secondary N) is 1. The van der Waals surface area contributed by atoms with Gasteiger partial charge in [0.05, 0.1) is 11.0 Å². The summed E-state index contributed by atoms with van der Waals surface area (Å²) >= 11 is 0. The van der Waals surface area contributed by atoms with E-state index in [4.69, 9.17) is 0 Å². The quantitative estimate of drug-likeness (QED) is 0.620. The second-order valence-corrected chi connectivity index (χ2v) is 3.30. The molecule has 0 radical (unpaired) electrons. The fraction of sp³-hybridized carbons (Fsp3) is 0.222. The van der Waals surface area contributed by atoms with Crippen molar-refractivity contribution in [2.45, 2.75) is 6.04 Å². The van der Waals surface area contributed by atoms with Gasteiger partial charge in [-0.1, -0.05) is 0 Å². The first-order valence-corrected chi connectivity index (χ1v) is 4.48. The number of alkyl carbamates (subject to hydrolysis) is 1. The van der Waals surface area contributed by atoms with Gasteiger partial charge in [-0.05, 0) is 6.07 Å². The lowest BCUT2D eigenvalue weighted by molar-refractivity contribution is -0.385. The number of ether oxygens (including phenoxy) is 1. The normalized spacial score (nSPS) is 17.9. The molecule has 0 saturated carbocycles. The Kier molecular flexibility index (Phi) is 3.74. The summed E-state index contributed by atoms with van der Waals surface area (Å²) in [4.78, 5) is 20.8. The molecule has 2 N–H and O–H groups in total. The number of halogens is 1. The smallest absolute Gasteiger partial charge is 0.407 e. The molecule has 1 atom stereocenters. The number of non-ortho nitro benzene ring substituents is 1. The highest BCUT2D eigenvalue weighted by atomic mass is 35.5. The van der Waals surface area contributed by atoms with Gasteiger partial charge in [0, 0.05) is 17.7 Å². The molecule has 1 heterocycles. The molecule has 1 amide bonds. The molecule has 1 aliphatic rings. The highest BCUT2D eigenvalue weighted by molar-refractivity contribution is 5.85. The van der Waals surface area contributed by atoms with Gasteiger partial charge in [0.1, 0.15) is 12.4 Å². The van der Waals surface area contributed by atoms with Crippen LogP contribution in [0.15, 0.2) is 18.2 Å². The van der Waals surface area contributed by atoms with E-state index in [2.05, 4.69) is 10.1 Å². The minimum Gasteiger partial charge on any atom is -0.508 e. The number of hydrogen-bond acceptors (Lipinski definition) is 5. The molecule has 8 heteroatoms. The molecular formula is C9H9ClN2O5. The Labute approximate surface area is 102 Å². The van der Waals surface area contributed by atoms with Crippen LogP contribution in [0.3, 0.4) is 0 Å². The maximum atomic E-state index is 10.8. The summed E-state index contributed by atoms with van der Waals surface area (Å²) in [7, 11) is 0. The second-order valence-electron chi connectivity index (χ2n) is 3.30. The number of benzene rings is 1. The van der Waals surface area contributed by atoms with Crippen molar-refractivity contribution in [1.82, 2.24) is 5.32 Å². The van der Waals surface area contributed by atoms with Gasteiger partial charge in [-0.3, -0.25) is 10.1 Å². The molecule has 1 saturated heterocycles. The summed E-state index contributed by atoms with van der Waals surface area (Å²) in [6, 6.07) is 3.08. The maximum absolute atomic E-state index is 10.8. The van der Waals surface area contributed by atoms with Gasteiger partial charge >= 0.3 is 6.09 Å². The average molecular weight is 261 g/mol. The molecule has 92 valence electrons. The predicted octanol–water partition coefficient (Wildman–Crippen LogP) is 1.50. The summed E-state index contributed by atoms with van der Waals surface area (Å²) in [6.07, 6.45) is -0.601. The number of rotatable bonds is 2. The molecule has 1 aromatic carbocycles. The van der Waals surface area contributed by atoms with Crippen LogP contribution in [0.5, 0.6) is 5.75 Å². The van der Waals surface area contributed by atoms with Gasteiger partial charge in [-0.25, -0.2) is 4.79 Å². The number of nitrogens with zero attached hydrogens (tertiary/aromatic N) is 1. The lowest BCUT2D eigenvalue weighted by Crippen LogP contribution is -2.18. The minimum absolute atomic E-state index is 0. The maximum Gasteiger partial charge on any atom is 0.407 e. The Morgan fingerprint density at radius 3 is 2.76 bits per heavy atom. The van der Waals surface area contributed by atoms with Crippen molar-refractivity contribution in [3.8, 4) is 5.75 Å². The summed E-state index contributed by atoms with van der Waals surface area (Å²) in [5.74, 6) is -0.110. The molecule has 7 nitrogen and oxygen atoms in total. The number of phenols is 1. The molecule has 17 heavy (non-hydrogen) atoms. The van der Waals surface area contributed by atoms with E-state index in [1.165, 1.54) is 18.2 Å². The number of nitro benzene ring substituents is 1. The Balaban J connectivity index is 0.00000144. The number of carbonyl (C=O) groups excluding carboxylic acids is 1. The van der Waals surface area contributed by atoms with Gasteiger partial charge < -0.3 is 15.2 Å². The van der Waals surface area contributed by atoms with E-state index in [9.17, 15) is 20.0 Å². The van der Waals surface area contributed by atoms with Crippen molar-refractivity contribution in [1.29, 1.82) is 0 Å². The molecule has 0 unspecified atom stereocenters. The van der Waals surface area contributed by atoms with Crippen LogP contribution in [0.2, 0.25) is 0 Å². The van der Waals surface area contributed by atoms with E-state index in [0.717, 1.165) is 0 Å². The Morgan fingerprint density at radius 2 is 2.24 bits per heavy atom. The molecule has 1 aliphatic heterocycles. The predicted molar refractivity (Wildman–Crippen MR) is 59.2 cm³/mol. The van der Waals surface area contributed by atoms with Gasteiger partial charge in [-0.2, -0.15) is 0 Å². The van der Waals surface area contributed by atoms with Crippen LogP contribution in [-0.4, -0.2) is 22.7 Å². The minimum atomic E-state index is -0.601. The van der Waals surface area contributed by atoms with Crippen LogP contribution in [0.4, 0.5) is 10.5 Å². The molecule has 0 aromatic heterocycles. The fourth-order valence-electron chi connectivity index (χ4n) is 1.49. The van der Waals surface area contributed by atoms with Crippen molar-refractivity contribution in [2.24, 2.45) is 0 Å². The summed E-state index contributed by atoms with van der Waals surface area (Å²) < 4.78 is 4.64. The SMILES string of the molecule is Cl.O=C1N[C@H](c2cc([N+](=O)[O-])ccc2O)CO1. The van der Waals surface area contributed by atoms with Crippen LogP contribution >= 0.6 is 12.4 Å². The molecule has 0 aliphatic carbocycles. The lowest BCUT2D eigenvalue weighted by Gasteiger charge is -2.09. The summed E-state index contributed by atoms with van der Waals surface area (Å²) in [5.41, 5.74) is 0.133. The van der Waals surface area contributed by atoms with Crippen LogP contribution in [-0.2, 0) is 4.74 Å². The monoisotopic (exact) mass is 260 g/mol. The van der Waals surface area contributed by atoms with Crippen LogP contribution in [0, 0.1) is 10.1 Å². The summed E-state index contributed by atoms with van der Waals surface area (Å²) in [6.45, 7) is 0.0492. The van der Waals surface area contributed by atoms with Crippen molar-refractivity contribution < 1.29 is 19.6 Å². The molecule has 2 rings (SSSR count). The molecule has 1 aromatic rings. The van der Waals surface area contributed by atoms with E-state index in [-0.39, 0.29) is 36.0 Å². The van der Waals surface area contributed by atoms with E-state index in [1.54, 1.807) is 0 Å². The van der Waals surface area contributed by atoms with Crippen LogP contribution in [0.25, 0.3) is 0 Å². The van der Waals surface area contributed by atoms with Crippen molar-refractivity contribution in [2.75, 3.05) is 6.61 Å². The molecule has 0 spiro atoms. The largest absolute Gasteiger partial charge is 0.508 e. The zero-order valence-electron chi connectivity index (χ0n) is 8.45. The average Bonchev–Trinajstić information content (AvgIpc) is 2.65. The second kappa shape index (κ2) is 4.88. The number of cyclic esters (lactones) is 1. The Hall–Kier alpha value is -2.02. The third-order valence-corrected chi connectivity index (χ3v) is 2.27. The molecular weight excluding hydrogens is 252 g/mol. The van der Waals surface area contributed by atoms with E-state index in [1.807, 2.05) is 0 Å². The molecule has 1 fully saturated rings. The Morgan fingerprint density at radius 1 is 1.53 bits per heavy atom. The van der Waals surface area contributed by atoms with Crippen molar-refractivity contribution in [3.63, 3.8) is 0 Å². The fourth-order valence-corrected chi connectivity index (χ4v) is 1.49. The highest BCUT2D eigenvalue weighted by Crippen LogP contribution is 2.30. The first-order chi connectivity index (χ1) is 7.58. The van der Waals surface area contributed by atoms with Gasteiger partial charge in [-0.15, -0.1) is 12.4 Å². The Bertz CT molecular complexity index is 465. The van der Waals surface area contributed by atoms with Gasteiger partial charge in [0.25, 0.3) is 5.69 Å². The zero-order chi connectivity index (χ0) is 11.7. The van der Waals surface area contributed by atoms with E-state index < -0.39 is 17.1 Å².